The number of aliphatic imine (C=N–C) groups is 1. The van der Waals surface area contributed by atoms with E-state index in [0.717, 1.165) is 16.3 Å². The van der Waals surface area contributed by atoms with E-state index in [2.05, 4.69) is 15.3 Å². The van der Waals surface area contributed by atoms with Gasteiger partial charge >= 0.3 is 0 Å². The lowest BCUT2D eigenvalue weighted by Crippen LogP contribution is -2.41. The van der Waals surface area contributed by atoms with Crippen LogP contribution in [0.4, 0.5) is 0 Å². The Hall–Kier alpha value is -2.54. The van der Waals surface area contributed by atoms with Crippen molar-refractivity contribution in [3.8, 4) is 10.6 Å². The van der Waals surface area contributed by atoms with Gasteiger partial charge in [-0.25, -0.2) is 9.98 Å². The number of nitrogens with zero attached hydrogens (tertiary/aromatic N) is 3. The fourth-order valence-corrected chi connectivity index (χ4v) is 2.84. The number of nitrogens with one attached hydrogen (secondary N) is 1. The van der Waals surface area contributed by atoms with Gasteiger partial charge < -0.3 is 0 Å². The molecule has 0 saturated heterocycles. The molecule has 112 valence electrons. The summed E-state index contributed by atoms with van der Waals surface area (Å²) in [7, 11) is 1.59. The van der Waals surface area contributed by atoms with Crippen LogP contribution in [0.1, 0.15) is 16.1 Å². The molecule has 22 heavy (non-hydrogen) atoms. The zero-order valence-electron chi connectivity index (χ0n) is 12.2. The van der Waals surface area contributed by atoms with Gasteiger partial charge in [0.05, 0.1) is 0 Å². The maximum atomic E-state index is 12.3. The van der Waals surface area contributed by atoms with Crippen LogP contribution in [0.15, 0.2) is 34.6 Å². The van der Waals surface area contributed by atoms with Crippen molar-refractivity contribution in [3.05, 3.63) is 40.9 Å². The number of guanidine groups is 1. The van der Waals surface area contributed by atoms with Gasteiger partial charge in [0.15, 0.2) is 0 Å². The van der Waals surface area contributed by atoms with Crippen LogP contribution >= 0.6 is 11.3 Å². The highest BCUT2D eigenvalue weighted by Gasteiger charge is 2.23. The van der Waals surface area contributed by atoms with Crippen LogP contribution in [-0.4, -0.2) is 41.3 Å². The normalized spacial score (nSPS) is 14.2. The first-order valence-electron chi connectivity index (χ1n) is 6.69. The molecular weight excluding hydrogens is 300 g/mol. The predicted molar refractivity (Wildman–Crippen MR) is 84.8 cm³/mol. The van der Waals surface area contributed by atoms with Crippen LogP contribution in [0.5, 0.6) is 0 Å². The highest BCUT2D eigenvalue weighted by molar-refractivity contribution is 7.13. The number of aryl methyl sites for hydroxylation is 1. The Labute approximate surface area is 131 Å². The summed E-state index contributed by atoms with van der Waals surface area (Å²) in [5.74, 6) is -0.150. The summed E-state index contributed by atoms with van der Waals surface area (Å²) in [6.07, 6.45) is 0. The molecule has 1 aromatic heterocycles. The highest BCUT2D eigenvalue weighted by atomic mass is 32.1. The second kappa shape index (κ2) is 5.69. The first-order chi connectivity index (χ1) is 10.5. The molecule has 0 saturated carbocycles. The van der Waals surface area contributed by atoms with Gasteiger partial charge in [0.2, 0.25) is 5.96 Å². The van der Waals surface area contributed by atoms with E-state index in [1.807, 2.05) is 24.4 Å². The van der Waals surface area contributed by atoms with Crippen LogP contribution in [0.25, 0.3) is 10.6 Å². The van der Waals surface area contributed by atoms with E-state index in [4.69, 9.17) is 0 Å². The Balaban J connectivity index is 1.80. The van der Waals surface area contributed by atoms with Crippen LogP contribution < -0.4 is 5.32 Å². The molecule has 3 rings (SSSR count). The summed E-state index contributed by atoms with van der Waals surface area (Å²) >= 11 is 1.54. The minimum Gasteiger partial charge on any atom is -0.292 e. The molecule has 1 N–H and O–H groups in total. The molecule has 0 unspecified atom stereocenters. The number of carbonyl (C=O) groups is 2. The van der Waals surface area contributed by atoms with Crippen LogP contribution in [0.3, 0.4) is 0 Å². The third kappa shape index (κ3) is 2.75. The van der Waals surface area contributed by atoms with Gasteiger partial charge in [-0.1, -0.05) is 12.1 Å². The van der Waals surface area contributed by atoms with Crippen molar-refractivity contribution >= 4 is 29.1 Å². The Morgan fingerprint density at radius 2 is 2.23 bits per heavy atom. The van der Waals surface area contributed by atoms with Gasteiger partial charge in [-0.3, -0.25) is 19.8 Å². The van der Waals surface area contributed by atoms with E-state index < -0.39 is 0 Å². The number of rotatable bonds is 2. The van der Waals surface area contributed by atoms with Crippen molar-refractivity contribution in [2.45, 2.75) is 6.92 Å². The SMILES string of the molecule is Cc1csc(-c2cccc(C(=O)NC3=NCC(=O)N3C)c2)n1. The van der Waals surface area contributed by atoms with Crippen molar-refractivity contribution in [1.82, 2.24) is 15.2 Å². The maximum absolute atomic E-state index is 12.3. The molecule has 2 amide bonds. The molecule has 2 heterocycles. The molecule has 0 radical (unpaired) electrons. The van der Waals surface area contributed by atoms with Gasteiger partial charge in [0.1, 0.15) is 11.6 Å². The standard InChI is InChI=1S/C15H14N4O2S/c1-9-8-22-14(17-9)11-5-3-4-10(6-11)13(21)18-15-16-7-12(20)19(15)2/h3-6,8H,7H2,1-2H3,(H,16,18,21). The third-order valence-electron chi connectivity index (χ3n) is 3.27. The lowest BCUT2D eigenvalue weighted by atomic mass is 10.1. The molecule has 0 atom stereocenters. The molecule has 1 aromatic carbocycles. The average molecular weight is 314 g/mol. The number of likely N-dealkylation sites (N-methyl/N-ethyl adjacent to an activating group) is 1. The van der Waals surface area contributed by atoms with Crippen LogP contribution in [0.2, 0.25) is 0 Å². The van der Waals surface area contributed by atoms with Gasteiger partial charge in [-0.15, -0.1) is 11.3 Å². The number of carbonyl (C=O) groups excluding carboxylic acids is 2. The number of aromatic nitrogens is 1. The van der Waals surface area contributed by atoms with Gasteiger partial charge in [0, 0.05) is 29.2 Å². The second-order valence-corrected chi connectivity index (χ2v) is 5.78. The third-order valence-corrected chi connectivity index (χ3v) is 4.28. The summed E-state index contributed by atoms with van der Waals surface area (Å²) < 4.78 is 0. The Bertz CT molecular complexity index is 781. The van der Waals surface area contributed by atoms with Crippen LogP contribution in [-0.2, 0) is 4.79 Å². The van der Waals surface area contributed by atoms with E-state index in [0.29, 0.717) is 5.56 Å². The van der Waals surface area contributed by atoms with E-state index in [1.165, 1.54) is 16.2 Å². The van der Waals surface area contributed by atoms with Crippen LogP contribution in [0, 0.1) is 6.92 Å². The number of amides is 2. The fraction of sp³-hybridized carbons (Fsp3) is 0.200. The van der Waals surface area contributed by atoms with E-state index in [1.54, 1.807) is 19.2 Å². The number of hydrogen-bond acceptors (Lipinski definition) is 5. The molecule has 2 aromatic rings. The largest absolute Gasteiger partial charge is 0.292 e. The van der Waals surface area contributed by atoms with Crippen molar-refractivity contribution < 1.29 is 9.59 Å². The summed E-state index contributed by atoms with van der Waals surface area (Å²) in [5.41, 5.74) is 2.35. The quantitative estimate of drug-likeness (QED) is 0.916. The molecule has 0 aliphatic carbocycles. The Morgan fingerprint density at radius 1 is 1.41 bits per heavy atom. The molecule has 6 nitrogen and oxygen atoms in total. The van der Waals surface area contributed by atoms with Crippen molar-refractivity contribution in [1.29, 1.82) is 0 Å². The topological polar surface area (TPSA) is 74.7 Å². The first kappa shape index (κ1) is 14.4. The number of thiazole rings is 1. The molecule has 0 bridgehead atoms. The molecule has 1 aliphatic heterocycles. The second-order valence-electron chi connectivity index (χ2n) is 4.92. The monoisotopic (exact) mass is 314 g/mol. The van der Waals surface area contributed by atoms with Gasteiger partial charge in [0.25, 0.3) is 11.8 Å². The van der Waals surface area contributed by atoms with E-state index >= 15 is 0 Å². The minimum atomic E-state index is -0.296. The fourth-order valence-electron chi connectivity index (χ4n) is 2.05. The van der Waals surface area contributed by atoms with Crippen molar-refractivity contribution in [3.63, 3.8) is 0 Å². The smallest absolute Gasteiger partial charge is 0.257 e. The Morgan fingerprint density at radius 3 is 2.86 bits per heavy atom. The lowest BCUT2D eigenvalue weighted by molar-refractivity contribution is -0.123. The summed E-state index contributed by atoms with van der Waals surface area (Å²) in [6.45, 7) is 2.01. The van der Waals surface area contributed by atoms with Crippen molar-refractivity contribution in [2.75, 3.05) is 13.6 Å². The molecule has 1 aliphatic rings. The molecule has 0 spiro atoms. The zero-order chi connectivity index (χ0) is 15.7. The van der Waals surface area contributed by atoms with Gasteiger partial charge in [-0.05, 0) is 19.1 Å². The Kier molecular flexibility index (Phi) is 3.72. The van der Waals surface area contributed by atoms with E-state index in [9.17, 15) is 9.59 Å². The van der Waals surface area contributed by atoms with E-state index in [-0.39, 0.29) is 24.3 Å². The predicted octanol–water partition coefficient (Wildman–Crippen LogP) is 1.68. The summed E-state index contributed by atoms with van der Waals surface area (Å²) in [6, 6.07) is 7.23. The zero-order valence-corrected chi connectivity index (χ0v) is 13.0. The number of hydrogen-bond donors (Lipinski definition) is 1. The minimum absolute atomic E-state index is 0.0740. The summed E-state index contributed by atoms with van der Waals surface area (Å²) in [5, 5.41) is 5.50. The highest BCUT2D eigenvalue weighted by Crippen LogP contribution is 2.24. The summed E-state index contributed by atoms with van der Waals surface area (Å²) in [4.78, 5) is 33.4. The van der Waals surface area contributed by atoms with Gasteiger partial charge in [-0.2, -0.15) is 0 Å². The lowest BCUT2D eigenvalue weighted by Gasteiger charge is -2.12. The molecule has 7 heteroatoms. The maximum Gasteiger partial charge on any atom is 0.257 e. The molecule has 0 fully saturated rings. The average Bonchev–Trinajstić information content (AvgIpc) is 3.08. The first-order valence-corrected chi connectivity index (χ1v) is 7.57. The molecular formula is C15H14N4O2S. The van der Waals surface area contributed by atoms with Crippen molar-refractivity contribution in [2.24, 2.45) is 4.99 Å². The number of benzene rings is 1.